The minimum absolute atomic E-state index is 0.231. The van der Waals surface area contributed by atoms with E-state index in [1.807, 2.05) is 7.05 Å². The molecule has 0 radical (unpaired) electrons. The Labute approximate surface area is 136 Å². The molecule has 112 valence electrons. The molecular weight excluding hydrogens is 322 g/mol. The molecule has 0 spiro atoms. The predicted octanol–water partition coefficient (Wildman–Crippen LogP) is 5.30. The van der Waals surface area contributed by atoms with Gasteiger partial charge in [0.05, 0.1) is 6.04 Å². The summed E-state index contributed by atoms with van der Waals surface area (Å²) in [6, 6.07) is 9.38. The lowest BCUT2D eigenvalue weighted by Crippen LogP contribution is -2.19. The first-order chi connectivity index (χ1) is 9.85. The van der Waals surface area contributed by atoms with E-state index < -0.39 is 0 Å². The van der Waals surface area contributed by atoms with Crippen LogP contribution in [0.25, 0.3) is 0 Å². The summed E-state index contributed by atoms with van der Waals surface area (Å²) in [5.74, 6) is 0. The summed E-state index contributed by atoms with van der Waals surface area (Å²) in [5, 5.41) is 3.48. The van der Waals surface area contributed by atoms with Crippen molar-refractivity contribution < 1.29 is 0 Å². The molecule has 1 N–H and O–H groups in total. The van der Waals surface area contributed by atoms with Crippen LogP contribution in [-0.2, 0) is 0 Å². The highest BCUT2D eigenvalue weighted by Crippen LogP contribution is 2.31. The van der Waals surface area contributed by atoms with Gasteiger partial charge in [-0.1, -0.05) is 40.2 Å². The van der Waals surface area contributed by atoms with E-state index in [-0.39, 0.29) is 6.04 Å². The van der Waals surface area contributed by atoms with E-state index in [0.29, 0.717) is 0 Å². The number of nitrogens with one attached hydrogen (secondary N) is 1. The fraction of sp³-hybridized carbons (Fsp3) is 0.368. The van der Waals surface area contributed by atoms with Crippen molar-refractivity contribution >= 4 is 15.9 Å². The van der Waals surface area contributed by atoms with Crippen LogP contribution in [0.5, 0.6) is 0 Å². The van der Waals surface area contributed by atoms with Crippen molar-refractivity contribution in [3.8, 4) is 0 Å². The second kappa shape index (κ2) is 6.33. The van der Waals surface area contributed by atoms with Crippen molar-refractivity contribution in [1.29, 1.82) is 0 Å². The van der Waals surface area contributed by atoms with Gasteiger partial charge in [0.25, 0.3) is 0 Å². The summed E-state index contributed by atoms with van der Waals surface area (Å²) < 4.78 is 1.21. The highest BCUT2D eigenvalue weighted by Gasteiger charge is 2.17. The molecule has 0 fully saturated rings. The molecule has 1 atom stereocenters. The van der Waals surface area contributed by atoms with Gasteiger partial charge in [0.15, 0.2) is 0 Å². The van der Waals surface area contributed by atoms with E-state index in [2.05, 4.69) is 80.1 Å². The standard InChI is InChI=1S/C19H24BrN/c1-11-7-13(3)17(10-12(11)2)19(21-6)16-8-14(4)18(20)15(5)9-16/h7-10,19,21H,1-6H3. The minimum Gasteiger partial charge on any atom is -0.309 e. The molecule has 2 heteroatoms. The Morgan fingerprint density at radius 2 is 1.29 bits per heavy atom. The van der Waals surface area contributed by atoms with Gasteiger partial charge in [-0.2, -0.15) is 0 Å². The van der Waals surface area contributed by atoms with Crippen molar-refractivity contribution in [3.05, 3.63) is 67.7 Å². The zero-order valence-electron chi connectivity index (χ0n) is 13.8. The van der Waals surface area contributed by atoms with Crippen LogP contribution in [0.3, 0.4) is 0 Å². The first kappa shape index (κ1) is 16.3. The van der Waals surface area contributed by atoms with Gasteiger partial charge in [-0.15, -0.1) is 0 Å². The largest absolute Gasteiger partial charge is 0.309 e. The summed E-state index contributed by atoms with van der Waals surface area (Å²) in [6.45, 7) is 10.9. The lowest BCUT2D eigenvalue weighted by Gasteiger charge is -2.22. The number of aryl methyl sites for hydroxylation is 5. The molecule has 2 aromatic rings. The van der Waals surface area contributed by atoms with Crippen molar-refractivity contribution in [2.24, 2.45) is 0 Å². The lowest BCUT2D eigenvalue weighted by molar-refractivity contribution is 0.685. The second-order valence-electron chi connectivity index (χ2n) is 5.98. The average molecular weight is 346 g/mol. The van der Waals surface area contributed by atoms with E-state index >= 15 is 0 Å². The molecule has 0 aromatic heterocycles. The third-order valence-electron chi connectivity index (χ3n) is 4.27. The highest BCUT2D eigenvalue weighted by molar-refractivity contribution is 9.10. The van der Waals surface area contributed by atoms with Gasteiger partial charge in [0.1, 0.15) is 0 Å². The number of benzene rings is 2. The van der Waals surface area contributed by atoms with Crippen LogP contribution >= 0.6 is 15.9 Å². The summed E-state index contributed by atoms with van der Waals surface area (Å²) in [7, 11) is 2.03. The molecule has 0 heterocycles. The van der Waals surface area contributed by atoms with E-state index in [4.69, 9.17) is 0 Å². The number of rotatable bonds is 3. The fourth-order valence-corrected chi connectivity index (χ4v) is 3.17. The molecule has 0 aliphatic carbocycles. The van der Waals surface area contributed by atoms with Crippen molar-refractivity contribution in [3.63, 3.8) is 0 Å². The van der Waals surface area contributed by atoms with Crippen LogP contribution in [0.2, 0.25) is 0 Å². The van der Waals surface area contributed by atoms with Crippen LogP contribution in [-0.4, -0.2) is 7.05 Å². The maximum atomic E-state index is 3.66. The lowest BCUT2D eigenvalue weighted by atomic mass is 9.90. The maximum Gasteiger partial charge on any atom is 0.0577 e. The molecule has 21 heavy (non-hydrogen) atoms. The van der Waals surface area contributed by atoms with Gasteiger partial charge in [0, 0.05) is 4.47 Å². The number of hydrogen-bond acceptors (Lipinski definition) is 1. The van der Waals surface area contributed by atoms with Crippen molar-refractivity contribution in [1.82, 2.24) is 5.32 Å². The highest BCUT2D eigenvalue weighted by atomic mass is 79.9. The predicted molar refractivity (Wildman–Crippen MR) is 95.2 cm³/mol. The van der Waals surface area contributed by atoms with Crippen LogP contribution in [0.1, 0.15) is 45.0 Å². The van der Waals surface area contributed by atoms with Crippen molar-refractivity contribution in [2.45, 2.75) is 40.7 Å². The first-order valence-electron chi connectivity index (χ1n) is 7.36. The van der Waals surface area contributed by atoms with Gasteiger partial charge in [-0.25, -0.2) is 0 Å². The van der Waals surface area contributed by atoms with Crippen LogP contribution in [0.4, 0.5) is 0 Å². The van der Waals surface area contributed by atoms with Gasteiger partial charge in [-0.05, 0) is 80.6 Å². The van der Waals surface area contributed by atoms with E-state index in [1.165, 1.54) is 43.4 Å². The summed E-state index contributed by atoms with van der Waals surface area (Å²) in [6.07, 6.45) is 0. The van der Waals surface area contributed by atoms with Gasteiger partial charge in [0.2, 0.25) is 0 Å². The minimum atomic E-state index is 0.231. The smallest absolute Gasteiger partial charge is 0.0577 e. The van der Waals surface area contributed by atoms with Gasteiger partial charge < -0.3 is 5.32 Å². The molecule has 1 unspecified atom stereocenters. The Balaban J connectivity index is 2.57. The molecule has 1 nitrogen and oxygen atoms in total. The Hall–Kier alpha value is -1.12. The topological polar surface area (TPSA) is 12.0 Å². The van der Waals surface area contributed by atoms with E-state index in [9.17, 15) is 0 Å². The average Bonchev–Trinajstić information content (AvgIpc) is 2.42. The molecule has 2 aromatic carbocycles. The zero-order valence-corrected chi connectivity index (χ0v) is 15.4. The third-order valence-corrected chi connectivity index (χ3v) is 5.52. The number of halogens is 1. The molecule has 0 saturated carbocycles. The molecule has 0 aliphatic rings. The van der Waals surface area contributed by atoms with Gasteiger partial charge in [-0.3, -0.25) is 0 Å². The SMILES string of the molecule is CNC(c1cc(C)c(Br)c(C)c1)c1cc(C)c(C)cc1C. The summed E-state index contributed by atoms with van der Waals surface area (Å²) in [5.41, 5.74) is 9.30. The molecule has 0 aliphatic heterocycles. The summed E-state index contributed by atoms with van der Waals surface area (Å²) in [4.78, 5) is 0. The number of hydrogen-bond donors (Lipinski definition) is 1. The monoisotopic (exact) mass is 345 g/mol. The second-order valence-corrected chi connectivity index (χ2v) is 6.78. The van der Waals surface area contributed by atoms with Crippen LogP contribution in [0.15, 0.2) is 28.7 Å². The quantitative estimate of drug-likeness (QED) is 0.795. The molecule has 0 bridgehead atoms. The molecular formula is C19H24BrN. The Kier molecular flexibility index (Phi) is 4.90. The molecule has 0 saturated heterocycles. The Morgan fingerprint density at radius 3 is 1.81 bits per heavy atom. The zero-order chi connectivity index (χ0) is 15.7. The van der Waals surface area contributed by atoms with Crippen molar-refractivity contribution in [2.75, 3.05) is 7.05 Å². The summed E-state index contributed by atoms with van der Waals surface area (Å²) >= 11 is 3.66. The fourth-order valence-electron chi connectivity index (χ4n) is 2.94. The maximum absolute atomic E-state index is 3.66. The Morgan fingerprint density at radius 1 is 0.762 bits per heavy atom. The van der Waals surface area contributed by atoms with E-state index in [0.717, 1.165) is 0 Å². The molecule has 0 amide bonds. The normalized spacial score (nSPS) is 12.5. The Bertz CT molecular complexity index is 651. The first-order valence-corrected chi connectivity index (χ1v) is 8.16. The van der Waals surface area contributed by atoms with Gasteiger partial charge >= 0.3 is 0 Å². The van der Waals surface area contributed by atoms with E-state index in [1.54, 1.807) is 0 Å². The molecule has 2 rings (SSSR count). The third kappa shape index (κ3) is 3.22. The van der Waals surface area contributed by atoms with Crippen LogP contribution in [0, 0.1) is 34.6 Å². The van der Waals surface area contributed by atoms with Crippen LogP contribution < -0.4 is 5.32 Å².